The topological polar surface area (TPSA) is 57.8 Å². The van der Waals surface area contributed by atoms with Gasteiger partial charge in [-0.1, -0.05) is 23.7 Å². The standard InChI is InChI=1S/C18H16ClN3O/c19-13-4-1-3-11(7-13)15-9-16(15)22-17(23)8-12-10-21-18-14(12)5-2-6-20-18/h1-7,10,15-16H,8-9H2,(H,20,21)(H,22,23)/t15-,16-/m0/s1. The Morgan fingerprint density at radius 3 is 3.13 bits per heavy atom. The van der Waals surface area contributed by atoms with Crippen molar-refractivity contribution < 1.29 is 4.79 Å². The fourth-order valence-electron chi connectivity index (χ4n) is 3.05. The summed E-state index contributed by atoms with van der Waals surface area (Å²) in [5.41, 5.74) is 2.99. The second kappa shape index (κ2) is 5.70. The van der Waals surface area contributed by atoms with Crippen LogP contribution in [0.2, 0.25) is 5.02 Å². The highest BCUT2D eigenvalue weighted by Gasteiger charge is 2.39. The molecule has 1 amide bonds. The summed E-state index contributed by atoms with van der Waals surface area (Å²) < 4.78 is 0. The van der Waals surface area contributed by atoms with Gasteiger partial charge in [0.2, 0.25) is 5.91 Å². The molecule has 1 aromatic carbocycles. The molecular weight excluding hydrogens is 310 g/mol. The molecular formula is C18H16ClN3O. The number of fused-ring (bicyclic) bond motifs is 1. The molecule has 1 aliphatic carbocycles. The minimum atomic E-state index is 0.0456. The lowest BCUT2D eigenvalue weighted by molar-refractivity contribution is -0.120. The summed E-state index contributed by atoms with van der Waals surface area (Å²) in [6.45, 7) is 0. The van der Waals surface area contributed by atoms with Gasteiger partial charge in [0.1, 0.15) is 5.65 Å². The molecule has 4 nitrogen and oxygen atoms in total. The molecule has 2 aromatic heterocycles. The summed E-state index contributed by atoms with van der Waals surface area (Å²) >= 11 is 6.02. The number of nitrogens with zero attached hydrogens (tertiary/aromatic N) is 1. The molecule has 1 fully saturated rings. The van der Waals surface area contributed by atoms with E-state index < -0.39 is 0 Å². The zero-order valence-corrected chi connectivity index (χ0v) is 13.2. The number of rotatable bonds is 4. The lowest BCUT2D eigenvalue weighted by atomic mass is 10.1. The number of benzene rings is 1. The van der Waals surface area contributed by atoms with Crippen LogP contribution in [-0.2, 0) is 11.2 Å². The van der Waals surface area contributed by atoms with Crippen LogP contribution in [0.3, 0.4) is 0 Å². The monoisotopic (exact) mass is 325 g/mol. The van der Waals surface area contributed by atoms with E-state index in [1.807, 2.05) is 36.5 Å². The van der Waals surface area contributed by atoms with Crippen molar-refractivity contribution in [3.8, 4) is 0 Å². The Bertz CT molecular complexity index is 873. The van der Waals surface area contributed by atoms with Crippen LogP contribution in [0.15, 0.2) is 48.8 Å². The fraction of sp³-hybridized carbons (Fsp3) is 0.222. The summed E-state index contributed by atoms with van der Waals surface area (Å²) in [5, 5.41) is 4.85. The van der Waals surface area contributed by atoms with Gasteiger partial charge in [-0.2, -0.15) is 0 Å². The van der Waals surface area contributed by atoms with Crippen molar-refractivity contribution in [2.45, 2.75) is 24.8 Å². The number of aromatic nitrogens is 2. The highest BCUT2D eigenvalue weighted by atomic mass is 35.5. The molecule has 5 heteroatoms. The van der Waals surface area contributed by atoms with Gasteiger partial charge in [-0.15, -0.1) is 0 Å². The van der Waals surface area contributed by atoms with Crippen molar-refractivity contribution in [3.63, 3.8) is 0 Å². The van der Waals surface area contributed by atoms with Gasteiger partial charge in [0, 0.05) is 34.8 Å². The molecule has 0 aliphatic heterocycles. The minimum absolute atomic E-state index is 0.0456. The molecule has 2 heterocycles. The Balaban J connectivity index is 1.40. The summed E-state index contributed by atoms with van der Waals surface area (Å²) in [6, 6.07) is 11.9. The molecule has 23 heavy (non-hydrogen) atoms. The number of carbonyl (C=O) groups excluding carboxylic acids is 1. The fourth-order valence-corrected chi connectivity index (χ4v) is 3.25. The minimum Gasteiger partial charge on any atom is -0.352 e. The molecule has 116 valence electrons. The molecule has 0 bridgehead atoms. The molecule has 4 rings (SSSR count). The first-order valence-electron chi connectivity index (χ1n) is 7.66. The van der Waals surface area contributed by atoms with Gasteiger partial charge in [-0.3, -0.25) is 4.79 Å². The third-order valence-electron chi connectivity index (χ3n) is 4.30. The van der Waals surface area contributed by atoms with Crippen LogP contribution >= 0.6 is 11.6 Å². The molecule has 3 aromatic rings. The summed E-state index contributed by atoms with van der Waals surface area (Å²) in [7, 11) is 0. The van der Waals surface area contributed by atoms with Crippen LogP contribution in [0.5, 0.6) is 0 Å². The maximum Gasteiger partial charge on any atom is 0.224 e. The second-order valence-electron chi connectivity index (χ2n) is 5.96. The van der Waals surface area contributed by atoms with E-state index >= 15 is 0 Å². The number of hydrogen-bond donors (Lipinski definition) is 2. The molecule has 2 N–H and O–H groups in total. The van der Waals surface area contributed by atoms with Gasteiger partial charge in [-0.25, -0.2) is 4.98 Å². The lowest BCUT2D eigenvalue weighted by Gasteiger charge is -2.05. The van der Waals surface area contributed by atoms with Crippen LogP contribution in [-0.4, -0.2) is 21.9 Å². The quantitative estimate of drug-likeness (QED) is 0.772. The summed E-state index contributed by atoms with van der Waals surface area (Å²) in [5.74, 6) is 0.423. The maximum atomic E-state index is 12.3. The third-order valence-corrected chi connectivity index (χ3v) is 4.54. The molecule has 0 spiro atoms. The van der Waals surface area contributed by atoms with E-state index in [1.54, 1.807) is 6.20 Å². The van der Waals surface area contributed by atoms with Crippen molar-refractivity contribution in [2.24, 2.45) is 0 Å². The van der Waals surface area contributed by atoms with Crippen molar-refractivity contribution in [2.75, 3.05) is 0 Å². The van der Waals surface area contributed by atoms with Gasteiger partial charge in [0.15, 0.2) is 0 Å². The van der Waals surface area contributed by atoms with E-state index in [2.05, 4.69) is 21.4 Å². The van der Waals surface area contributed by atoms with Gasteiger partial charge in [0.25, 0.3) is 0 Å². The Hall–Kier alpha value is -2.33. The van der Waals surface area contributed by atoms with Gasteiger partial charge in [-0.05, 0) is 41.8 Å². The van der Waals surface area contributed by atoms with E-state index in [9.17, 15) is 4.79 Å². The van der Waals surface area contributed by atoms with Crippen LogP contribution in [0.25, 0.3) is 11.0 Å². The van der Waals surface area contributed by atoms with Crippen LogP contribution in [0.1, 0.15) is 23.5 Å². The molecule has 1 aliphatic rings. The second-order valence-corrected chi connectivity index (χ2v) is 6.40. The number of carbonyl (C=O) groups is 1. The third kappa shape index (κ3) is 2.94. The molecule has 1 saturated carbocycles. The highest BCUT2D eigenvalue weighted by molar-refractivity contribution is 6.30. The number of hydrogen-bond acceptors (Lipinski definition) is 2. The van der Waals surface area contributed by atoms with E-state index in [-0.39, 0.29) is 11.9 Å². The first kappa shape index (κ1) is 14.3. The largest absolute Gasteiger partial charge is 0.352 e. The highest BCUT2D eigenvalue weighted by Crippen LogP contribution is 2.41. The lowest BCUT2D eigenvalue weighted by Crippen LogP contribution is -2.28. The summed E-state index contributed by atoms with van der Waals surface area (Å²) in [4.78, 5) is 19.6. The maximum absolute atomic E-state index is 12.3. The Kier molecular flexibility index (Phi) is 3.54. The van der Waals surface area contributed by atoms with Crippen molar-refractivity contribution in [1.82, 2.24) is 15.3 Å². The van der Waals surface area contributed by atoms with Crippen molar-refractivity contribution in [1.29, 1.82) is 0 Å². The number of halogens is 1. The Morgan fingerprint density at radius 1 is 1.35 bits per heavy atom. The molecule has 0 radical (unpaired) electrons. The van der Waals surface area contributed by atoms with Crippen molar-refractivity contribution in [3.05, 3.63) is 64.9 Å². The van der Waals surface area contributed by atoms with Crippen LogP contribution in [0.4, 0.5) is 0 Å². The smallest absolute Gasteiger partial charge is 0.224 e. The van der Waals surface area contributed by atoms with E-state index in [4.69, 9.17) is 11.6 Å². The average Bonchev–Trinajstić information content (AvgIpc) is 3.19. The first-order valence-corrected chi connectivity index (χ1v) is 8.04. The Labute approximate surface area is 138 Å². The predicted octanol–water partition coefficient (Wildman–Crippen LogP) is 3.43. The zero-order chi connectivity index (χ0) is 15.8. The van der Waals surface area contributed by atoms with Gasteiger partial charge >= 0.3 is 0 Å². The SMILES string of the molecule is O=C(Cc1c[nH]c2ncccc12)N[C@H]1C[C@H]1c1cccc(Cl)c1. The number of pyridine rings is 1. The van der Waals surface area contributed by atoms with E-state index in [0.717, 1.165) is 28.0 Å². The van der Waals surface area contributed by atoms with Crippen LogP contribution < -0.4 is 5.32 Å². The normalized spacial score (nSPS) is 19.7. The van der Waals surface area contributed by atoms with Gasteiger partial charge in [0.05, 0.1) is 6.42 Å². The predicted molar refractivity (Wildman–Crippen MR) is 90.5 cm³/mol. The summed E-state index contributed by atoms with van der Waals surface area (Å²) in [6.07, 6.45) is 4.94. The van der Waals surface area contributed by atoms with Gasteiger partial charge < -0.3 is 10.3 Å². The zero-order valence-electron chi connectivity index (χ0n) is 12.4. The van der Waals surface area contributed by atoms with E-state index in [0.29, 0.717) is 12.3 Å². The number of H-pyrrole nitrogens is 1. The van der Waals surface area contributed by atoms with Crippen molar-refractivity contribution >= 4 is 28.5 Å². The Morgan fingerprint density at radius 2 is 2.26 bits per heavy atom. The molecule has 2 atom stereocenters. The molecule has 0 unspecified atom stereocenters. The average molecular weight is 326 g/mol. The van der Waals surface area contributed by atoms with E-state index in [1.165, 1.54) is 5.56 Å². The van der Waals surface area contributed by atoms with Crippen LogP contribution in [0, 0.1) is 0 Å². The number of nitrogens with one attached hydrogen (secondary N) is 2. The first-order chi connectivity index (χ1) is 11.2. The number of aromatic amines is 1. The molecule has 0 saturated heterocycles. The number of amides is 1.